The van der Waals surface area contributed by atoms with Gasteiger partial charge in [-0.1, -0.05) is 18.2 Å². The van der Waals surface area contributed by atoms with Crippen molar-refractivity contribution in [3.05, 3.63) is 52.2 Å². The monoisotopic (exact) mass is 311 g/mol. The molecule has 0 radical (unpaired) electrons. The molecule has 0 amide bonds. The summed E-state index contributed by atoms with van der Waals surface area (Å²) in [6.45, 7) is 1.92. The Labute approximate surface area is 136 Å². The van der Waals surface area contributed by atoms with Crippen LogP contribution in [0, 0.1) is 12.3 Å². The summed E-state index contributed by atoms with van der Waals surface area (Å²) in [5.41, 5.74) is 8.13. The van der Waals surface area contributed by atoms with Gasteiger partial charge in [-0.3, -0.25) is 0 Å². The maximum absolute atomic E-state index is 5.99. The van der Waals surface area contributed by atoms with E-state index in [0.29, 0.717) is 5.84 Å². The van der Waals surface area contributed by atoms with Gasteiger partial charge in [-0.15, -0.1) is 23.7 Å². The fourth-order valence-electron chi connectivity index (χ4n) is 2.14. The van der Waals surface area contributed by atoms with E-state index in [1.54, 1.807) is 11.3 Å². The van der Waals surface area contributed by atoms with Crippen LogP contribution < -0.4 is 5.73 Å². The quantitative estimate of drug-likeness (QED) is 0.367. The van der Waals surface area contributed by atoms with Crippen molar-refractivity contribution in [1.82, 2.24) is 4.90 Å². The molecule has 3 nitrogen and oxygen atoms in total. The molecule has 114 valence electrons. The van der Waals surface area contributed by atoms with Crippen molar-refractivity contribution < 1.29 is 0 Å². The number of unbranched alkanes of at least 4 members (excludes halogenated alkanes) is 1. The van der Waals surface area contributed by atoms with Gasteiger partial charge in [-0.25, -0.2) is 4.99 Å². The Morgan fingerprint density at radius 3 is 2.73 bits per heavy atom. The van der Waals surface area contributed by atoms with Gasteiger partial charge in [0.05, 0.1) is 10.6 Å². The molecular weight excluding hydrogens is 290 g/mol. The van der Waals surface area contributed by atoms with E-state index in [0.717, 1.165) is 36.5 Å². The molecule has 0 saturated heterocycles. The standard InChI is InChI=1S/C18H21N3S/c1-3-4-5-12-21(2)14-15-8-10-16(11-9-15)20-18(19)17-7-6-13-22-17/h1,6-11,13H,4-5,12,14H2,2H3,(H2,19,20). The van der Waals surface area contributed by atoms with Crippen LogP contribution in [0.2, 0.25) is 0 Å². The lowest BCUT2D eigenvalue weighted by Crippen LogP contribution is -2.18. The van der Waals surface area contributed by atoms with E-state index in [-0.39, 0.29) is 0 Å². The summed E-state index contributed by atoms with van der Waals surface area (Å²) in [6, 6.07) is 12.1. The van der Waals surface area contributed by atoms with Crippen LogP contribution in [0.25, 0.3) is 0 Å². The summed E-state index contributed by atoms with van der Waals surface area (Å²) in [6.07, 6.45) is 7.14. The molecular formula is C18H21N3S. The first-order chi connectivity index (χ1) is 10.7. The van der Waals surface area contributed by atoms with Crippen LogP contribution in [0.4, 0.5) is 5.69 Å². The average molecular weight is 311 g/mol. The molecule has 0 fully saturated rings. The van der Waals surface area contributed by atoms with Gasteiger partial charge in [0.15, 0.2) is 0 Å². The lowest BCUT2D eigenvalue weighted by molar-refractivity contribution is 0.324. The van der Waals surface area contributed by atoms with Gasteiger partial charge >= 0.3 is 0 Å². The summed E-state index contributed by atoms with van der Waals surface area (Å²) in [5, 5.41) is 2.00. The molecule has 0 spiro atoms. The van der Waals surface area contributed by atoms with E-state index < -0.39 is 0 Å². The fraction of sp³-hybridized carbons (Fsp3) is 0.278. The molecule has 22 heavy (non-hydrogen) atoms. The van der Waals surface area contributed by atoms with Crippen LogP contribution in [0.15, 0.2) is 46.8 Å². The predicted molar refractivity (Wildman–Crippen MR) is 95.5 cm³/mol. The Kier molecular flexibility index (Phi) is 6.20. The Balaban J connectivity index is 1.93. The first-order valence-electron chi connectivity index (χ1n) is 7.28. The first-order valence-corrected chi connectivity index (χ1v) is 8.16. The SMILES string of the molecule is C#CCCCN(C)Cc1ccc(N=C(N)c2cccs2)cc1. The van der Waals surface area contributed by atoms with Crippen LogP contribution in [0.1, 0.15) is 23.3 Å². The number of nitrogens with zero attached hydrogens (tertiary/aromatic N) is 2. The molecule has 2 aromatic rings. The second-order valence-electron chi connectivity index (χ2n) is 5.19. The lowest BCUT2D eigenvalue weighted by Gasteiger charge is -2.15. The Hall–Kier alpha value is -2.09. The van der Waals surface area contributed by atoms with Crippen molar-refractivity contribution in [2.75, 3.05) is 13.6 Å². The molecule has 0 saturated carbocycles. The Bertz CT molecular complexity index is 636. The molecule has 0 aliphatic rings. The maximum atomic E-state index is 5.99. The number of benzene rings is 1. The zero-order valence-electron chi connectivity index (χ0n) is 12.8. The molecule has 0 unspecified atom stereocenters. The number of hydrogen-bond acceptors (Lipinski definition) is 3. The summed E-state index contributed by atoms with van der Waals surface area (Å²) >= 11 is 1.59. The van der Waals surface area contributed by atoms with Crippen molar-refractivity contribution in [1.29, 1.82) is 0 Å². The number of aliphatic imine (C=N–C) groups is 1. The second kappa shape index (κ2) is 8.38. The molecule has 1 heterocycles. The summed E-state index contributed by atoms with van der Waals surface area (Å²) in [4.78, 5) is 7.72. The molecule has 0 bridgehead atoms. The van der Waals surface area contributed by atoms with Gasteiger partial charge in [-0.2, -0.15) is 0 Å². The van der Waals surface area contributed by atoms with Crippen molar-refractivity contribution in [2.24, 2.45) is 10.7 Å². The van der Waals surface area contributed by atoms with Gasteiger partial charge in [-0.05, 0) is 49.2 Å². The van der Waals surface area contributed by atoms with E-state index in [1.165, 1.54) is 5.56 Å². The van der Waals surface area contributed by atoms with Crippen LogP contribution in [-0.2, 0) is 6.54 Å². The number of thiophene rings is 1. The molecule has 2 rings (SSSR count). The highest BCUT2D eigenvalue weighted by molar-refractivity contribution is 7.12. The van der Waals surface area contributed by atoms with E-state index in [4.69, 9.17) is 12.2 Å². The van der Waals surface area contributed by atoms with Crippen LogP contribution in [0.5, 0.6) is 0 Å². The normalized spacial score (nSPS) is 11.6. The van der Waals surface area contributed by atoms with Crippen LogP contribution in [-0.4, -0.2) is 24.3 Å². The van der Waals surface area contributed by atoms with Gasteiger partial charge in [0.2, 0.25) is 0 Å². The van der Waals surface area contributed by atoms with Gasteiger partial charge < -0.3 is 10.6 Å². The molecule has 0 atom stereocenters. The zero-order chi connectivity index (χ0) is 15.8. The smallest absolute Gasteiger partial charge is 0.141 e. The third-order valence-electron chi connectivity index (χ3n) is 3.27. The summed E-state index contributed by atoms with van der Waals surface area (Å²) in [7, 11) is 2.11. The van der Waals surface area contributed by atoms with Crippen molar-refractivity contribution >= 4 is 22.9 Å². The number of terminal acetylenes is 1. The molecule has 4 heteroatoms. The molecule has 0 aliphatic carbocycles. The molecule has 2 N–H and O–H groups in total. The Morgan fingerprint density at radius 1 is 1.32 bits per heavy atom. The number of amidine groups is 1. The minimum atomic E-state index is 0.564. The van der Waals surface area contributed by atoms with Crippen LogP contribution >= 0.6 is 11.3 Å². The number of hydrogen-bond donors (Lipinski definition) is 1. The highest BCUT2D eigenvalue weighted by Crippen LogP contribution is 2.17. The molecule has 1 aromatic heterocycles. The maximum Gasteiger partial charge on any atom is 0.141 e. The Morgan fingerprint density at radius 2 is 2.09 bits per heavy atom. The van der Waals surface area contributed by atoms with E-state index in [1.807, 2.05) is 29.6 Å². The van der Waals surface area contributed by atoms with E-state index in [9.17, 15) is 0 Å². The van der Waals surface area contributed by atoms with E-state index >= 15 is 0 Å². The number of rotatable bonds is 7. The summed E-state index contributed by atoms with van der Waals surface area (Å²) < 4.78 is 0. The minimum absolute atomic E-state index is 0.564. The fourth-order valence-corrected chi connectivity index (χ4v) is 2.76. The third kappa shape index (κ3) is 5.03. The van der Waals surface area contributed by atoms with Gasteiger partial charge in [0, 0.05) is 13.0 Å². The topological polar surface area (TPSA) is 41.6 Å². The van der Waals surface area contributed by atoms with Gasteiger partial charge in [0.1, 0.15) is 5.84 Å². The zero-order valence-corrected chi connectivity index (χ0v) is 13.6. The van der Waals surface area contributed by atoms with Gasteiger partial charge in [0.25, 0.3) is 0 Å². The lowest BCUT2D eigenvalue weighted by atomic mass is 10.2. The molecule has 0 aliphatic heterocycles. The highest BCUT2D eigenvalue weighted by Gasteiger charge is 2.02. The average Bonchev–Trinajstić information content (AvgIpc) is 3.04. The molecule has 1 aromatic carbocycles. The summed E-state index contributed by atoms with van der Waals surface area (Å²) in [5.74, 6) is 3.24. The number of nitrogens with two attached hydrogens (primary N) is 1. The highest BCUT2D eigenvalue weighted by atomic mass is 32.1. The van der Waals surface area contributed by atoms with Crippen LogP contribution in [0.3, 0.4) is 0 Å². The van der Waals surface area contributed by atoms with E-state index in [2.05, 4.69) is 35.0 Å². The van der Waals surface area contributed by atoms with Crippen molar-refractivity contribution in [3.63, 3.8) is 0 Å². The van der Waals surface area contributed by atoms with Crippen molar-refractivity contribution in [3.8, 4) is 12.3 Å². The minimum Gasteiger partial charge on any atom is -0.383 e. The predicted octanol–water partition coefficient (Wildman–Crippen LogP) is 3.63. The van der Waals surface area contributed by atoms with Crippen molar-refractivity contribution in [2.45, 2.75) is 19.4 Å². The first kappa shape index (κ1) is 16.3. The third-order valence-corrected chi connectivity index (χ3v) is 4.17. The second-order valence-corrected chi connectivity index (χ2v) is 6.13. The largest absolute Gasteiger partial charge is 0.383 e.